The van der Waals surface area contributed by atoms with E-state index in [-0.39, 0.29) is 12.3 Å². The molecule has 17 heavy (non-hydrogen) atoms. The van der Waals surface area contributed by atoms with Crippen LogP contribution in [0.15, 0.2) is 18.2 Å². The van der Waals surface area contributed by atoms with Gasteiger partial charge in [0, 0.05) is 21.9 Å². The van der Waals surface area contributed by atoms with Gasteiger partial charge in [-0.05, 0) is 11.6 Å². The summed E-state index contributed by atoms with van der Waals surface area (Å²) in [5.41, 5.74) is 0.971. The Labute approximate surface area is 120 Å². The number of alkyl halides is 2. The van der Waals surface area contributed by atoms with E-state index in [9.17, 15) is 14.9 Å². The molecule has 0 aliphatic carbocycles. The number of carbonyl (C=O) groups excluding carboxylic acids is 1. The average molecular weight is 414 g/mol. The Kier molecular flexibility index (Phi) is 5.83. The molecule has 0 saturated carbocycles. The first kappa shape index (κ1) is 14.4. The Balaban J connectivity index is 3.00. The van der Waals surface area contributed by atoms with E-state index >= 15 is 0 Å². The van der Waals surface area contributed by atoms with Crippen molar-refractivity contribution < 1.29 is 14.5 Å². The second-order valence-corrected chi connectivity index (χ2v) is 4.61. The lowest BCUT2D eigenvalue weighted by Gasteiger charge is -2.06. The second-order valence-electron chi connectivity index (χ2n) is 3.06. The molecule has 5 nitrogen and oxygen atoms in total. The van der Waals surface area contributed by atoms with E-state index in [0.29, 0.717) is 20.9 Å². The van der Waals surface area contributed by atoms with E-state index in [1.54, 1.807) is 0 Å². The van der Waals surface area contributed by atoms with Gasteiger partial charge in [-0.2, -0.15) is 0 Å². The highest BCUT2D eigenvalue weighted by molar-refractivity contribution is 14.1. The van der Waals surface area contributed by atoms with Gasteiger partial charge in [-0.3, -0.25) is 10.1 Å². The van der Waals surface area contributed by atoms with Gasteiger partial charge in [0.15, 0.2) is 0 Å². The molecular weight excluding hydrogens is 405 g/mol. The van der Waals surface area contributed by atoms with E-state index in [1.807, 2.05) is 0 Å². The van der Waals surface area contributed by atoms with Crippen LogP contribution in [0, 0.1) is 10.1 Å². The lowest BCUT2D eigenvalue weighted by atomic mass is 10.1. The van der Waals surface area contributed by atoms with Crippen LogP contribution in [0.1, 0.15) is 15.9 Å². The summed E-state index contributed by atoms with van der Waals surface area (Å²) in [4.78, 5) is 21.8. The fourth-order valence-electron chi connectivity index (χ4n) is 1.21. The molecule has 92 valence electrons. The highest BCUT2D eigenvalue weighted by Gasteiger charge is 2.16. The van der Waals surface area contributed by atoms with E-state index < -0.39 is 10.9 Å². The molecule has 0 unspecified atom stereocenters. The van der Waals surface area contributed by atoms with Gasteiger partial charge in [-0.15, -0.1) is 0 Å². The zero-order valence-corrected chi connectivity index (χ0v) is 12.4. The molecule has 0 heterocycles. The van der Waals surface area contributed by atoms with Crippen LogP contribution in [0.25, 0.3) is 0 Å². The molecule has 7 heteroatoms. The van der Waals surface area contributed by atoms with Crippen LogP contribution >= 0.6 is 38.5 Å². The number of nitrogens with zero attached hydrogens (tertiary/aromatic N) is 1. The first-order chi connectivity index (χ1) is 8.10. The van der Waals surface area contributed by atoms with Crippen molar-refractivity contribution in [2.45, 2.75) is 4.43 Å². The minimum absolute atomic E-state index is 0.0197. The highest BCUT2D eigenvalue weighted by atomic mass is 127. The molecule has 0 N–H and O–H groups in total. The normalized spacial score (nSPS) is 10.0. The molecule has 0 spiro atoms. The van der Waals surface area contributed by atoms with Gasteiger partial charge < -0.3 is 4.74 Å². The quantitative estimate of drug-likeness (QED) is 0.244. The minimum Gasteiger partial charge on any atom is -0.461 e. The SMILES string of the molecule is O=C(OCCBr)c1ccc([N+](=O)[O-])cc1CI. The number of hydrogen-bond acceptors (Lipinski definition) is 4. The number of halogens is 2. The number of ether oxygens (including phenoxy) is 1. The number of benzene rings is 1. The predicted molar refractivity (Wildman–Crippen MR) is 74.9 cm³/mol. The van der Waals surface area contributed by atoms with Crippen LogP contribution in [-0.2, 0) is 9.16 Å². The predicted octanol–water partition coefficient (Wildman–Crippen LogP) is 3.08. The van der Waals surface area contributed by atoms with Gasteiger partial charge in [0.1, 0.15) is 6.61 Å². The van der Waals surface area contributed by atoms with Crippen LogP contribution in [0.2, 0.25) is 0 Å². The first-order valence-corrected chi connectivity index (χ1v) is 7.31. The number of non-ortho nitro benzene ring substituents is 1. The zero-order valence-electron chi connectivity index (χ0n) is 8.69. The smallest absolute Gasteiger partial charge is 0.338 e. The maximum Gasteiger partial charge on any atom is 0.338 e. The van der Waals surface area contributed by atoms with Crippen molar-refractivity contribution in [1.29, 1.82) is 0 Å². The van der Waals surface area contributed by atoms with Crippen LogP contribution in [-0.4, -0.2) is 22.8 Å². The van der Waals surface area contributed by atoms with Crippen molar-refractivity contribution in [1.82, 2.24) is 0 Å². The first-order valence-electron chi connectivity index (χ1n) is 4.66. The Morgan fingerprint density at radius 2 is 2.24 bits per heavy atom. The maximum atomic E-state index is 11.6. The van der Waals surface area contributed by atoms with Crippen LogP contribution in [0.5, 0.6) is 0 Å². The molecule has 0 atom stereocenters. The van der Waals surface area contributed by atoms with Crippen molar-refractivity contribution >= 4 is 50.2 Å². The lowest BCUT2D eigenvalue weighted by Crippen LogP contribution is -2.09. The maximum absolute atomic E-state index is 11.6. The van der Waals surface area contributed by atoms with Gasteiger partial charge >= 0.3 is 5.97 Å². The molecule has 0 saturated heterocycles. The molecule has 1 aromatic carbocycles. The van der Waals surface area contributed by atoms with Crippen LogP contribution in [0.4, 0.5) is 5.69 Å². The molecule has 0 fully saturated rings. The average Bonchev–Trinajstić information content (AvgIpc) is 2.34. The Bertz CT molecular complexity index is 438. The molecule has 1 rings (SSSR count). The van der Waals surface area contributed by atoms with Gasteiger partial charge in [0.25, 0.3) is 5.69 Å². The summed E-state index contributed by atoms with van der Waals surface area (Å²) in [5, 5.41) is 11.2. The topological polar surface area (TPSA) is 69.4 Å². The summed E-state index contributed by atoms with van der Waals surface area (Å²) in [6.45, 7) is 0.274. The number of hydrogen-bond donors (Lipinski definition) is 0. The Morgan fingerprint density at radius 1 is 1.53 bits per heavy atom. The summed E-state index contributed by atoms with van der Waals surface area (Å²) < 4.78 is 5.47. The van der Waals surface area contributed by atoms with E-state index in [1.165, 1.54) is 18.2 Å². The van der Waals surface area contributed by atoms with Gasteiger partial charge in [-0.1, -0.05) is 38.5 Å². The van der Waals surface area contributed by atoms with Crippen molar-refractivity contribution in [3.63, 3.8) is 0 Å². The van der Waals surface area contributed by atoms with Crippen molar-refractivity contribution in [2.75, 3.05) is 11.9 Å². The number of carbonyl (C=O) groups is 1. The Morgan fingerprint density at radius 3 is 2.76 bits per heavy atom. The monoisotopic (exact) mass is 413 g/mol. The molecule has 0 aliphatic rings. The number of esters is 1. The van der Waals surface area contributed by atoms with E-state index in [2.05, 4.69) is 38.5 Å². The fraction of sp³-hybridized carbons (Fsp3) is 0.300. The number of nitro groups is 1. The molecule has 1 aromatic rings. The standard InChI is InChI=1S/C10H9BrINO4/c11-3-4-17-10(14)9-2-1-8(13(15)16)5-7(9)6-12/h1-2,5H,3-4,6H2. The largest absolute Gasteiger partial charge is 0.461 e. The lowest BCUT2D eigenvalue weighted by molar-refractivity contribution is -0.384. The third kappa shape index (κ3) is 3.91. The Hall–Kier alpha value is -0.700. The zero-order chi connectivity index (χ0) is 12.8. The molecular formula is C10H9BrINO4. The van der Waals surface area contributed by atoms with E-state index in [0.717, 1.165) is 0 Å². The van der Waals surface area contributed by atoms with Crippen molar-refractivity contribution in [3.8, 4) is 0 Å². The second kappa shape index (κ2) is 6.90. The van der Waals surface area contributed by atoms with Crippen LogP contribution < -0.4 is 0 Å². The number of rotatable bonds is 5. The third-order valence-electron chi connectivity index (χ3n) is 1.97. The van der Waals surface area contributed by atoms with Gasteiger partial charge in [-0.25, -0.2) is 4.79 Å². The molecule has 0 radical (unpaired) electrons. The highest BCUT2D eigenvalue weighted by Crippen LogP contribution is 2.21. The molecule has 0 aliphatic heterocycles. The molecule has 0 aromatic heterocycles. The van der Waals surface area contributed by atoms with E-state index in [4.69, 9.17) is 4.74 Å². The van der Waals surface area contributed by atoms with Gasteiger partial charge in [0.2, 0.25) is 0 Å². The summed E-state index contributed by atoms with van der Waals surface area (Å²) in [6.07, 6.45) is 0. The van der Waals surface area contributed by atoms with Gasteiger partial charge in [0.05, 0.1) is 10.5 Å². The van der Waals surface area contributed by atoms with Crippen LogP contribution in [0.3, 0.4) is 0 Å². The molecule has 0 amide bonds. The third-order valence-corrected chi connectivity index (χ3v) is 3.12. The van der Waals surface area contributed by atoms with Crippen molar-refractivity contribution in [2.24, 2.45) is 0 Å². The molecule has 0 bridgehead atoms. The summed E-state index contributed by atoms with van der Waals surface area (Å²) >= 11 is 5.20. The summed E-state index contributed by atoms with van der Waals surface area (Å²) in [7, 11) is 0. The fourth-order valence-corrected chi connectivity index (χ4v) is 2.01. The summed E-state index contributed by atoms with van der Waals surface area (Å²) in [6, 6.07) is 4.14. The minimum atomic E-state index is -0.483. The number of nitro benzene ring substituents is 1. The van der Waals surface area contributed by atoms with Crippen molar-refractivity contribution in [3.05, 3.63) is 39.4 Å². The summed E-state index contributed by atoms with van der Waals surface area (Å²) in [5.74, 6) is -0.453.